The third-order valence-corrected chi connectivity index (χ3v) is 5.80. The molecule has 126 valence electrons. The van der Waals surface area contributed by atoms with E-state index in [4.69, 9.17) is 5.73 Å². The van der Waals surface area contributed by atoms with Crippen LogP contribution in [-0.4, -0.2) is 24.8 Å². The Morgan fingerprint density at radius 1 is 1.08 bits per heavy atom. The molecule has 25 heavy (non-hydrogen) atoms. The van der Waals surface area contributed by atoms with Crippen LogP contribution in [0.5, 0.6) is 0 Å². The van der Waals surface area contributed by atoms with E-state index < -0.39 is 17.0 Å². The number of rotatable bonds is 4. The summed E-state index contributed by atoms with van der Waals surface area (Å²) in [7, 11) is 0. The van der Waals surface area contributed by atoms with E-state index in [0.717, 1.165) is 12.8 Å². The smallest absolute Gasteiger partial charge is 0.252 e. The topological polar surface area (TPSA) is 87.8 Å². The number of pyridine rings is 1. The summed E-state index contributed by atoms with van der Waals surface area (Å²) in [5.41, 5.74) is 7.60. The zero-order valence-electron chi connectivity index (χ0n) is 13.2. The van der Waals surface area contributed by atoms with Gasteiger partial charge in [-0.15, -0.1) is 0 Å². The standard InChI is InChI=1S/C18H15FN4OS/c19-15-8-11(3-6-14(15)16-9-23-17(20)10-22-16)13-2-1-7-21-18(13)25(24)12-4-5-12/h1-3,6-10,12H,4-5H2,(H2,20,23). The average Bonchev–Trinajstić information content (AvgIpc) is 3.47. The monoisotopic (exact) mass is 354 g/mol. The van der Waals surface area contributed by atoms with Crippen LogP contribution in [0.3, 0.4) is 0 Å². The van der Waals surface area contributed by atoms with Crippen molar-refractivity contribution >= 4 is 17.0 Å². The Bertz CT molecular complexity index is 915. The minimum absolute atomic E-state index is 0.169. The lowest BCUT2D eigenvalue weighted by molar-refractivity contribution is 0.590. The molecule has 0 radical (unpaired) electrons. The fraction of sp³-hybridized carbons (Fsp3) is 0.167. The first-order valence-electron chi connectivity index (χ1n) is 7.87. The predicted octanol–water partition coefficient (Wildman–Crippen LogP) is 3.20. The lowest BCUT2D eigenvalue weighted by Gasteiger charge is -2.13. The van der Waals surface area contributed by atoms with Gasteiger partial charge in [0.15, 0.2) is 0 Å². The molecule has 0 aliphatic heterocycles. The highest BCUT2D eigenvalue weighted by Crippen LogP contribution is 2.37. The van der Waals surface area contributed by atoms with E-state index >= 15 is 0 Å². The van der Waals surface area contributed by atoms with Crippen molar-refractivity contribution in [2.24, 2.45) is 0 Å². The van der Waals surface area contributed by atoms with Gasteiger partial charge in [0.1, 0.15) is 16.9 Å². The minimum atomic E-state index is -1.16. The lowest BCUT2D eigenvalue weighted by atomic mass is 10.0. The van der Waals surface area contributed by atoms with Gasteiger partial charge in [-0.3, -0.25) is 4.98 Å². The van der Waals surface area contributed by atoms with Gasteiger partial charge < -0.3 is 10.3 Å². The van der Waals surface area contributed by atoms with Crippen molar-refractivity contribution < 1.29 is 8.94 Å². The zero-order valence-corrected chi connectivity index (χ0v) is 14.0. The van der Waals surface area contributed by atoms with Crippen molar-refractivity contribution in [1.82, 2.24) is 15.0 Å². The number of anilines is 1. The summed E-state index contributed by atoms with van der Waals surface area (Å²) >= 11 is -1.16. The number of aromatic nitrogens is 3. The van der Waals surface area contributed by atoms with Crippen molar-refractivity contribution in [1.29, 1.82) is 0 Å². The van der Waals surface area contributed by atoms with Gasteiger partial charge in [0.2, 0.25) is 0 Å². The van der Waals surface area contributed by atoms with Crippen LogP contribution < -0.4 is 5.73 Å². The maximum atomic E-state index is 14.6. The van der Waals surface area contributed by atoms with Crippen molar-refractivity contribution in [3.05, 3.63) is 54.7 Å². The molecule has 2 heterocycles. The molecule has 1 atom stereocenters. The molecule has 5 nitrogen and oxygen atoms in total. The van der Waals surface area contributed by atoms with Gasteiger partial charge in [0.25, 0.3) is 5.03 Å². The molecule has 7 heteroatoms. The predicted molar refractivity (Wildman–Crippen MR) is 94.5 cm³/mol. The fourth-order valence-electron chi connectivity index (χ4n) is 2.58. The molecule has 1 fully saturated rings. The number of nitrogens with zero attached hydrogens (tertiary/aromatic N) is 3. The van der Waals surface area contributed by atoms with Crippen molar-refractivity contribution in [3.63, 3.8) is 0 Å². The van der Waals surface area contributed by atoms with Crippen LogP contribution in [0.2, 0.25) is 0 Å². The largest absolute Gasteiger partial charge is 0.610 e. The van der Waals surface area contributed by atoms with Crippen LogP contribution in [0.1, 0.15) is 12.8 Å². The molecule has 0 bridgehead atoms. The lowest BCUT2D eigenvalue weighted by Crippen LogP contribution is -2.10. The quantitative estimate of drug-likeness (QED) is 0.727. The van der Waals surface area contributed by atoms with Gasteiger partial charge in [-0.25, -0.2) is 14.4 Å². The summed E-state index contributed by atoms with van der Waals surface area (Å²) in [6.45, 7) is 0. The summed E-state index contributed by atoms with van der Waals surface area (Å²) in [5, 5.41) is 0.687. The molecule has 0 spiro atoms. The molecule has 1 unspecified atom stereocenters. The van der Waals surface area contributed by atoms with Crippen LogP contribution in [0.4, 0.5) is 10.2 Å². The SMILES string of the molecule is Nc1cnc(-c2ccc(-c3cccnc3[S+]([O-])C3CC3)cc2F)cn1. The van der Waals surface area contributed by atoms with Gasteiger partial charge in [-0.2, -0.15) is 0 Å². The molecule has 1 aliphatic rings. The van der Waals surface area contributed by atoms with Crippen LogP contribution in [-0.2, 0) is 11.2 Å². The highest BCUT2D eigenvalue weighted by molar-refractivity contribution is 7.92. The Morgan fingerprint density at radius 2 is 1.92 bits per heavy atom. The molecule has 1 aliphatic carbocycles. The van der Waals surface area contributed by atoms with Crippen molar-refractivity contribution in [2.75, 3.05) is 5.73 Å². The fourth-order valence-corrected chi connectivity index (χ4v) is 4.03. The van der Waals surface area contributed by atoms with Gasteiger partial charge in [0, 0.05) is 35.8 Å². The van der Waals surface area contributed by atoms with E-state index in [1.807, 2.05) is 6.07 Å². The van der Waals surface area contributed by atoms with Crippen molar-refractivity contribution in [2.45, 2.75) is 23.1 Å². The Hall–Kier alpha value is -2.51. The van der Waals surface area contributed by atoms with Crippen LogP contribution in [0.15, 0.2) is 53.9 Å². The summed E-state index contributed by atoms with van der Waals surface area (Å²) in [5.74, 6) is -0.146. The van der Waals surface area contributed by atoms with Gasteiger partial charge in [-0.1, -0.05) is 6.07 Å². The highest BCUT2D eigenvalue weighted by Gasteiger charge is 2.38. The van der Waals surface area contributed by atoms with Crippen LogP contribution >= 0.6 is 0 Å². The number of hydrogen-bond donors (Lipinski definition) is 1. The molecule has 0 saturated heterocycles. The molecule has 0 amide bonds. The Morgan fingerprint density at radius 3 is 2.60 bits per heavy atom. The first kappa shape index (κ1) is 16.0. The Kier molecular flexibility index (Phi) is 4.10. The number of hydrogen-bond acceptors (Lipinski definition) is 5. The highest BCUT2D eigenvalue weighted by atomic mass is 32.2. The zero-order chi connectivity index (χ0) is 17.4. The van der Waals surface area contributed by atoms with E-state index in [9.17, 15) is 8.94 Å². The van der Waals surface area contributed by atoms with Gasteiger partial charge in [0.05, 0.1) is 23.7 Å². The van der Waals surface area contributed by atoms with Gasteiger partial charge in [-0.05, 0) is 29.8 Å². The van der Waals surface area contributed by atoms with Gasteiger partial charge >= 0.3 is 0 Å². The summed E-state index contributed by atoms with van der Waals surface area (Å²) in [6.07, 6.45) is 6.34. The molecule has 4 rings (SSSR count). The molecular weight excluding hydrogens is 339 g/mol. The second-order valence-corrected chi connectivity index (χ2v) is 7.52. The van der Waals surface area contributed by atoms with Crippen molar-refractivity contribution in [3.8, 4) is 22.4 Å². The number of halogens is 1. The van der Waals surface area contributed by atoms with E-state index in [1.54, 1.807) is 24.4 Å². The first-order chi connectivity index (χ1) is 12.1. The molecule has 2 aromatic heterocycles. The number of nitrogens with two attached hydrogens (primary N) is 1. The summed E-state index contributed by atoms with van der Waals surface area (Å²) in [4.78, 5) is 12.3. The average molecular weight is 354 g/mol. The van der Waals surface area contributed by atoms with E-state index in [-0.39, 0.29) is 11.1 Å². The molecule has 3 aromatic rings. The van der Waals surface area contributed by atoms with E-state index in [1.165, 1.54) is 18.5 Å². The molecule has 2 N–H and O–H groups in total. The third-order valence-electron chi connectivity index (χ3n) is 4.02. The van der Waals surface area contributed by atoms with Crippen LogP contribution in [0, 0.1) is 5.82 Å². The molecular formula is C18H15FN4OS. The second-order valence-electron chi connectivity index (χ2n) is 5.87. The summed E-state index contributed by atoms with van der Waals surface area (Å²) in [6, 6.07) is 8.42. The molecule has 1 saturated carbocycles. The minimum Gasteiger partial charge on any atom is -0.610 e. The molecule has 1 aromatic carbocycles. The maximum absolute atomic E-state index is 14.6. The van der Waals surface area contributed by atoms with E-state index in [0.29, 0.717) is 27.4 Å². The van der Waals surface area contributed by atoms with E-state index in [2.05, 4.69) is 15.0 Å². The summed E-state index contributed by atoms with van der Waals surface area (Å²) < 4.78 is 27.2. The third kappa shape index (κ3) is 3.20. The van der Waals surface area contributed by atoms with Crippen LogP contribution in [0.25, 0.3) is 22.4 Å². The first-order valence-corrected chi connectivity index (χ1v) is 9.08. The normalized spacial score (nSPS) is 15.1. The number of nitrogen functional groups attached to an aromatic ring is 1. The number of benzene rings is 1. The Balaban J connectivity index is 1.73. The second kappa shape index (κ2) is 6.42. The Labute approximate surface area is 147 Å². The maximum Gasteiger partial charge on any atom is 0.252 e.